The van der Waals surface area contributed by atoms with Crippen molar-refractivity contribution in [3.8, 4) is 17.4 Å². The highest BCUT2D eigenvalue weighted by atomic mass is 16.5. The van der Waals surface area contributed by atoms with Crippen molar-refractivity contribution in [3.63, 3.8) is 0 Å². The van der Waals surface area contributed by atoms with Gasteiger partial charge >= 0.3 is 0 Å². The average Bonchev–Trinajstić information content (AvgIpc) is 2.82. The molecule has 1 aliphatic rings. The fourth-order valence-electron chi connectivity index (χ4n) is 3.27. The van der Waals surface area contributed by atoms with E-state index >= 15 is 0 Å². The highest BCUT2D eigenvalue weighted by Crippen LogP contribution is 2.25. The molecular weight excluding hydrogens is 384 g/mol. The van der Waals surface area contributed by atoms with Gasteiger partial charge in [-0.25, -0.2) is 0 Å². The molecule has 8 heteroatoms. The van der Waals surface area contributed by atoms with Crippen LogP contribution >= 0.6 is 0 Å². The minimum absolute atomic E-state index is 0.137. The molecule has 0 fully saturated rings. The van der Waals surface area contributed by atoms with Gasteiger partial charge in [0.05, 0.1) is 26.1 Å². The lowest BCUT2D eigenvalue weighted by atomic mass is 9.99. The monoisotopic (exact) mass is 406 g/mol. The maximum Gasteiger partial charge on any atom is 0.274 e. The van der Waals surface area contributed by atoms with Crippen LogP contribution in [0.5, 0.6) is 17.4 Å². The van der Waals surface area contributed by atoms with E-state index in [2.05, 4.69) is 15.2 Å². The largest absolute Gasteiger partial charge is 0.495 e. The molecule has 3 heterocycles. The lowest BCUT2D eigenvalue weighted by Crippen LogP contribution is -2.36. The third-order valence-corrected chi connectivity index (χ3v) is 4.97. The average molecular weight is 406 g/mol. The number of ether oxygens (including phenoxy) is 3. The summed E-state index contributed by atoms with van der Waals surface area (Å²) >= 11 is 0. The van der Waals surface area contributed by atoms with E-state index in [1.807, 2.05) is 30.3 Å². The van der Waals surface area contributed by atoms with Crippen LogP contribution in [0.2, 0.25) is 0 Å². The highest BCUT2D eigenvalue weighted by Gasteiger charge is 2.23. The van der Waals surface area contributed by atoms with Gasteiger partial charge in [-0.15, -0.1) is 10.2 Å². The molecule has 4 rings (SSSR count). The highest BCUT2D eigenvalue weighted by molar-refractivity contribution is 5.92. The van der Waals surface area contributed by atoms with Crippen LogP contribution in [0.15, 0.2) is 48.7 Å². The summed E-state index contributed by atoms with van der Waals surface area (Å²) in [5.41, 5.74) is 3.42. The van der Waals surface area contributed by atoms with E-state index in [1.165, 1.54) is 12.7 Å². The molecule has 0 spiro atoms. The van der Waals surface area contributed by atoms with Gasteiger partial charge in [-0.1, -0.05) is 6.07 Å². The van der Waals surface area contributed by atoms with E-state index in [4.69, 9.17) is 14.2 Å². The first-order chi connectivity index (χ1) is 14.7. The number of aromatic nitrogens is 3. The van der Waals surface area contributed by atoms with E-state index in [0.29, 0.717) is 37.0 Å². The van der Waals surface area contributed by atoms with Crippen molar-refractivity contribution in [2.24, 2.45) is 0 Å². The lowest BCUT2D eigenvalue weighted by Gasteiger charge is -2.28. The summed E-state index contributed by atoms with van der Waals surface area (Å²) in [5, 5.41) is 7.83. The summed E-state index contributed by atoms with van der Waals surface area (Å²) in [6.07, 6.45) is 2.42. The standard InChI is InChI=1S/C22H22N4O4/c1-28-19-6-4-17(23-12-19)14-30-18-5-3-16-13-26(10-9-15(16)11-18)22(27)20-7-8-21(29-2)25-24-20/h3-8,11-12H,9-10,13-14H2,1-2H3. The Bertz CT molecular complexity index is 1020. The molecule has 0 unspecified atom stereocenters. The number of amides is 1. The molecule has 1 amide bonds. The molecule has 0 saturated carbocycles. The fourth-order valence-corrected chi connectivity index (χ4v) is 3.27. The molecule has 154 valence electrons. The molecule has 1 aromatic carbocycles. The van der Waals surface area contributed by atoms with Gasteiger partial charge in [-0.05, 0) is 47.9 Å². The predicted molar refractivity (Wildman–Crippen MR) is 109 cm³/mol. The van der Waals surface area contributed by atoms with E-state index in [1.54, 1.807) is 30.3 Å². The molecule has 0 saturated heterocycles. The van der Waals surface area contributed by atoms with Gasteiger partial charge in [-0.3, -0.25) is 9.78 Å². The Kier molecular flexibility index (Phi) is 5.74. The van der Waals surface area contributed by atoms with Crippen LogP contribution in [0, 0.1) is 0 Å². The predicted octanol–water partition coefficient (Wildman–Crippen LogP) is 2.67. The van der Waals surface area contributed by atoms with Gasteiger partial charge in [0.2, 0.25) is 5.88 Å². The second-order valence-electron chi connectivity index (χ2n) is 6.85. The Hall–Kier alpha value is -3.68. The fraction of sp³-hybridized carbons (Fsp3) is 0.273. The number of hydrogen-bond acceptors (Lipinski definition) is 7. The van der Waals surface area contributed by atoms with Crippen molar-refractivity contribution in [1.29, 1.82) is 0 Å². The minimum atomic E-state index is -0.137. The number of nitrogens with zero attached hydrogens (tertiary/aromatic N) is 4. The van der Waals surface area contributed by atoms with Gasteiger partial charge in [0.1, 0.15) is 18.1 Å². The Labute approximate surface area is 174 Å². The minimum Gasteiger partial charge on any atom is -0.495 e. The molecule has 2 aromatic heterocycles. The normalized spacial score (nSPS) is 12.8. The maximum atomic E-state index is 12.7. The van der Waals surface area contributed by atoms with Crippen LogP contribution in [0.1, 0.15) is 27.3 Å². The third-order valence-electron chi connectivity index (χ3n) is 4.97. The summed E-state index contributed by atoms with van der Waals surface area (Å²) < 4.78 is 16.0. The number of fused-ring (bicyclic) bond motifs is 1. The molecule has 8 nitrogen and oxygen atoms in total. The van der Waals surface area contributed by atoms with Crippen molar-refractivity contribution in [1.82, 2.24) is 20.1 Å². The smallest absolute Gasteiger partial charge is 0.274 e. The second kappa shape index (κ2) is 8.77. The molecule has 3 aromatic rings. The number of pyridine rings is 1. The molecule has 0 aliphatic carbocycles. The maximum absolute atomic E-state index is 12.7. The molecule has 1 aliphatic heterocycles. The summed E-state index contributed by atoms with van der Waals surface area (Å²) in [6, 6.07) is 13.0. The second-order valence-corrected chi connectivity index (χ2v) is 6.85. The van der Waals surface area contributed by atoms with Crippen LogP contribution in [0.25, 0.3) is 0 Å². The van der Waals surface area contributed by atoms with E-state index in [0.717, 1.165) is 23.4 Å². The van der Waals surface area contributed by atoms with Gasteiger partial charge in [0.25, 0.3) is 5.91 Å². The number of benzene rings is 1. The van der Waals surface area contributed by atoms with Crippen molar-refractivity contribution < 1.29 is 19.0 Å². The Morgan fingerprint density at radius 3 is 2.57 bits per heavy atom. The van der Waals surface area contributed by atoms with Gasteiger partial charge in [0.15, 0.2) is 5.69 Å². The topological polar surface area (TPSA) is 86.7 Å². The third kappa shape index (κ3) is 4.32. The Morgan fingerprint density at radius 2 is 1.87 bits per heavy atom. The van der Waals surface area contributed by atoms with Crippen molar-refractivity contribution in [2.45, 2.75) is 19.6 Å². The van der Waals surface area contributed by atoms with Gasteiger partial charge in [-0.2, -0.15) is 0 Å². The zero-order valence-corrected chi connectivity index (χ0v) is 16.9. The van der Waals surface area contributed by atoms with Crippen LogP contribution in [0.3, 0.4) is 0 Å². The number of rotatable bonds is 6. The zero-order chi connectivity index (χ0) is 20.9. The number of carbonyl (C=O) groups is 1. The molecule has 0 N–H and O–H groups in total. The van der Waals surface area contributed by atoms with Crippen LogP contribution in [-0.2, 0) is 19.6 Å². The van der Waals surface area contributed by atoms with Gasteiger partial charge in [0, 0.05) is 19.2 Å². The number of hydrogen-bond donors (Lipinski definition) is 0. The van der Waals surface area contributed by atoms with E-state index in [9.17, 15) is 4.79 Å². The number of methoxy groups -OCH3 is 2. The summed E-state index contributed by atoms with van der Waals surface area (Å²) in [5.74, 6) is 1.74. The summed E-state index contributed by atoms with van der Waals surface area (Å²) in [7, 11) is 3.12. The van der Waals surface area contributed by atoms with Crippen molar-refractivity contribution in [3.05, 3.63) is 71.2 Å². The SMILES string of the molecule is COc1ccc(COc2ccc3c(c2)CCN(C(=O)c2ccc(OC)nn2)C3)nc1. The molecule has 0 radical (unpaired) electrons. The summed E-state index contributed by atoms with van der Waals surface area (Å²) in [4.78, 5) is 18.8. The lowest BCUT2D eigenvalue weighted by molar-refractivity contribution is 0.0727. The first-order valence-corrected chi connectivity index (χ1v) is 9.57. The summed E-state index contributed by atoms with van der Waals surface area (Å²) in [6.45, 7) is 1.52. The molecule has 0 bridgehead atoms. The van der Waals surface area contributed by atoms with Crippen molar-refractivity contribution >= 4 is 5.91 Å². The zero-order valence-electron chi connectivity index (χ0n) is 16.9. The van der Waals surface area contributed by atoms with E-state index in [-0.39, 0.29) is 5.91 Å². The van der Waals surface area contributed by atoms with Crippen LogP contribution < -0.4 is 14.2 Å². The van der Waals surface area contributed by atoms with Gasteiger partial charge < -0.3 is 19.1 Å². The van der Waals surface area contributed by atoms with Crippen LogP contribution in [0.4, 0.5) is 0 Å². The van der Waals surface area contributed by atoms with E-state index < -0.39 is 0 Å². The molecule has 30 heavy (non-hydrogen) atoms. The first-order valence-electron chi connectivity index (χ1n) is 9.57. The quantitative estimate of drug-likeness (QED) is 0.622. The molecular formula is C22H22N4O4. The Balaban J connectivity index is 1.39. The van der Waals surface area contributed by atoms with Crippen LogP contribution in [-0.4, -0.2) is 46.8 Å². The first kappa shape index (κ1) is 19.6. The molecule has 0 atom stereocenters. The number of carbonyl (C=O) groups excluding carboxylic acids is 1. The Morgan fingerprint density at radius 1 is 1.00 bits per heavy atom. The van der Waals surface area contributed by atoms with Crippen molar-refractivity contribution in [2.75, 3.05) is 20.8 Å².